The number of carbonyl (C=O) groups excluding carboxylic acids is 1. The lowest BCUT2D eigenvalue weighted by atomic mass is 10.4. The van der Waals surface area contributed by atoms with Gasteiger partial charge in [-0.3, -0.25) is 9.59 Å². The maximum atomic E-state index is 11.2. The number of carboxylic acid groups (broad SMARTS) is 1. The molecule has 8 heteroatoms. The van der Waals surface area contributed by atoms with Gasteiger partial charge < -0.3 is 21.3 Å². The Labute approximate surface area is 107 Å². The zero-order chi connectivity index (χ0) is 13.3. The monoisotopic (exact) mass is 278 g/mol. The number of aliphatic carboxylic acids is 1. The number of carbonyl (C=O) groups is 2. The third kappa shape index (κ3) is 7.93. The van der Waals surface area contributed by atoms with Crippen molar-refractivity contribution in [3.63, 3.8) is 0 Å². The van der Waals surface area contributed by atoms with Crippen LogP contribution in [0.15, 0.2) is 0 Å². The van der Waals surface area contributed by atoms with E-state index >= 15 is 0 Å². The molecule has 17 heavy (non-hydrogen) atoms. The van der Waals surface area contributed by atoms with E-state index in [1.165, 1.54) is 21.6 Å². The van der Waals surface area contributed by atoms with Gasteiger partial charge >= 0.3 is 11.9 Å². The van der Waals surface area contributed by atoms with Crippen LogP contribution in [0.25, 0.3) is 0 Å². The highest BCUT2D eigenvalue weighted by molar-refractivity contribution is 8.76. The predicted molar refractivity (Wildman–Crippen MR) is 68.3 cm³/mol. The van der Waals surface area contributed by atoms with Crippen molar-refractivity contribution in [2.45, 2.75) is 12.1 Å². The Bertz CT molecular complexity index is 306. The first kappa shape index (κ1) is 16.1. The van der Waals surface area contributed by atoms with E-state index in [1.54, 1.807) is 0 Å². The fourth-order valence-electron chi connectivity index (χ4n) is 0.602. The van der Waals surface area contributed by atoms with Gasteiger partial charge in [-0.15, -0.1) is 6.42 Å². The van der Waals surface area contributed by atoms with Crippen molar-refractivity contribution in [2.75, 3.05) is 18.1 Å². The van der Waals surface area contributed by atoms with Gasteiger partial charge in [-0.1, -0.05) is 27.5 Å². The van der Waals surface area contributed by atoms with Crippen LogP contribution in [-0.4, -0.2) is 47.2 Å². The summed E-state index contributed by atoms with van der Waals surface area (Å²) in [7, 11) is 2.51. The number of hydrogen-bond acceptors (Lipinski definition) is 7. The number of hydrogen-bond donors (Lipinski definition) is 3. The van der Waals surface area contributed by atoms with E-state index in [4.69, 9.17) is 23.0 Å². The zero-order valence-electron chi connectivity index (χ0n) is 9.00. The van der Waals surface area contributed by atoms with Crippen LogP contribution in [0.5, 0.6) is 0 Å². The lowest BCUT2D eigenvalue weighted by molar-refractivity contribution is -0.143. The second-order valence-corrected chi connectivity index (χ2v) is 5.48. The maximum Gasteiger partial charge on any atom is 0.324 e. The average Bonchev–Trinajstić information content (AvgIpc) is 2.30. The number of carboxylic acids is 1. The highest BCUT2D eigenvalue weighted by atomic mass is 33.1. The van der Waals surface area contributed by atoms with Crippen LogP contribution < -0.4 is 11.5 Å². The lowest BCUT2D eigenvalue weighted by Crippen LogP contribution is -2.35. The Balaban J connectivity index is 3.64. The molecule has 0 aromatic carbocycles. The Morgan fingerprint density at radius 1 is 1.29 bits per heavy atom. The fraction of sp³-hybridized carbons (Fsp3) is 0.556. The molecule has 0 aliphatic heterocycles. The first-order valence-corrected chi connectivity index (χ1v) is 7.06. The summed E-state index contributed by atoms with van der Waals surface area (Å²) in [6.07, 6.45) is 4.91. The van der Waals surface area contributed by atoms with Gasteiger partial charge in [-0.25, -0.2) is 0 Å². The van der Waals surface area contributed by atoms with Crippen molar-refractivity contribution in [3.8, 4) is 12.3 Å². The molecule has 0 radical (unpaired) electrons. The van der Waals surface area contributed by atoms with E-state index in [9.17, 15) is 9.59 Å². The van der Waals surface area contributed by atoms with Crippen molar-refractivity contribution in [2.24, 2.45) is 11.5 Å². The highest BCUT2D eigenvalue weighted by Crippen LogP contribution is 2.22. The molecule has 0 saturated carbocycles. The summed E-state index contributed by atoms with van der Waals surface area (Å²) >= 11 is 0. The molecule has 6 nitrogen and oxygen atoms in total. The Morgan fingerprint density at radius 2 is 1.82 bits per heavy atom. The molecule has 0 unspecified atom stereocenters. The molecule has 0 rings (SSSR count). The molecule has 5 N–H and O–H groups in total. The van der Waals surface area contributed by atoms with Gasteiger partial charge in [0.15, 0.2) is 6.61 Å². The van der Waals surface area contributed by atoms with Crippen LogP contribution in [0, 0.1) is 12.3 Å². The molecule has 0 aromatic rings. The molecule has 0 fully saturated rings. The minimum atomic E-state index is -1.06. The van der Waals surface area contributed by atoms with Crippen LogP contribution in [0.3, 0.4) is 0 Å². The van der Waals surface area contributed by atoms with Crippen molar-refractivity contribution < 1.29 is 19.4 Å². The van der Waals surface area contributed by atoms with Crippen molar-refractivity contribution in [1.29, 1.82) is 0 Å². The fourth-order valence-corrected chi connectivity index (χ4v) is 2.82. The van der Waals surface area contributed by atoms with Gasteiger partial charge in [0.05, 0.1) is 0 Å². The van der Waals surface area contributed by atoms with E-state index in [-0.39, 0.29) is 12.4 Å². The summed E-state index contributed by atoms with van der Waals surface area (Å²) in [4.78, 5) is 21.5. The molecular weight excluding hydrogens is 264 g/mol. The Hall–Kier alpha value is -0.880. The van der Waals surface area contributed by atoms with Crippen LogP contribution in [0.1, 0.15) is 0 Å². The molecule has 0 aliphatic rings. The third-order valence-electron chi connectivity index (χ3n) is 1.50. The summed E-state index contributed by atoms with van der Waals surface area (Å²) in [5.41, 5.74) is 10.8. The second kappa shape index (κ2) is 9.18. The topological polar surface area (TPSA) is 116 Å². The van der Waals surface area contributed by atoms with Gasteiger partial charge in [-0.05, 0) is 0 Å². The average molecular weight is 278 g/mol. The minimum absolute atomic E-state index is 0.103. The molecule has 0 bridgehead atoms. The number of ether oxygens (including phenoxy) is 1. The van der Waals surface area contributed by atoms with Crippen LogP contribution in [0.4, 0.5) is 0 Å². The van der Waals surface area contributed by atoms with Gasteiger partial charge in [0.25, 0.3) is 0 Å². The number of terminal acetylenes is 1. The molecule has 0 aromatic heterocycles. The molecule has 0 spiro atoms. The Morgan fingerprint density at radius 3 is 2.29 bits per heavy atom. The third-order valence-corrected chi connectivity index (χ3v) is 3.97. The van der Waals surface area contributed by atoms with Crippen molar-refractivity contribution in [1.82, 2.24) is 0 Å². The van der Waals surface area contributed by atoms with Gasteiger partial charge in [0, 0.05) is 11.5 Å². The van der Waals surface area contributed by atoms with E-state index in [2.05, 4.69) is 10.7 Å². The number of nitrogens with two attached hydrogens (primary N) is 2. The van der Waals surface area contributed by atoms with Gasteiger partial charge in [0.2, 0.25) is 0 Å². The summed E-state index contributed by atoms with van der Waals surface area (Å²) in [5, 5.41) is 8.51. The van der Waals surface area contributed by atoms with E-state index in [0.29, 0.717) is 5.75 Å². The summed E-state index contributed by atoms with van der Waals surface area (Å²) in [5.74, 6) is 1.07. The number of esters is 1. The van der Waals surface area contributed by atoms with Crippen LogP contribution in [-0.2, 0) is 14.3 Å². The molecule has 0 heterocycles. The predicted octanol–water partition coefficient (Wildman–Crippen LogP) is -0.717. The molecule has 96 valence electrons. The largest absolute Gasteiger partial charge is 0.480 e. The lowest BCUT2D eigenvalue weighted by Gasteiger charge is -2.10. The first-order chi connectivity index (χ1) is 7.99. The standard InChI is InChI=1S/C9H14N2O4S2/c1-2-3-15-9(14)7(11)5-17-16-4-6(10)8(12)13/h1,6-7H,3-5,10-11H2,(H,12,13)/t6-,7-/m1/s1. The molecule has 0 aliphatic carbocycles. The van der Waals surface area contributed by atoms with Crippen molar-refractivity contribution >= 4 is 33.5 Å². The Kier molecular flexibility index (Phi) is 8.71. The summed E-state index contributed by atoms with van der Waals surface area (Å²) < 4.78 is 4.63. The molecular formula is C9H14N2O4S2. The van der Waals surface area contributed by atoms with Gasteiger partial charge in [-0.2, -0.15) is 0 Å². The molecule has 0 saturated heterocycles. The normalized spacial score (nSPS) is 13.5. The van der Waals surface area contributed by atoms with E-state index in [0.717, 1.165) is 0 Å². The van der Waals surface area contributed by atoms with Crippen molar-refractivity contribution in [3.05, 3.63) is 0 Å². The van der Waals surface area contributed by atoms with E-state index in [1.807, 2.05) is 0 Å². The SMILES string of the molecule is C#CCOC(=O)[C@H](N)CSSC[C@@H](N)C(=O)O. The summed E-state index contributed by atoms with van der Waals surface area (Å²) in [6, 6.07) is -1.70. The molecule has 0 amide bonds. The minimum Gasteiger partial charge on any atom is -0.480 e. The van der Waals surface area contributed by atoms with Gasteiger partial charge in [0.1, 0.15) is 12.1 Å². The zero-order valence-corrected chi connectivity index (χ0v) is 10.6. The quantitative estimate of drug-likeness (QED) is 0.231. The van der Waals surface area contributed by atoms with E-state index < -0.39 is 24.0 Å². The highest BCUT2D eigenvalue weighted by Gasteiger charge is 2.16. The second-order valence-electron chi connectivity index (χ2n) is 2.93. The summed E-state index contributed by atoms with van der Waals surface area (Å²) in [6.45, 7) is -0.103. The molecule has 2 atom stereocenters. The maximum absolute atomic E-state index is 11.2. The number of rotatable bonds is 8. The van der Waals surface area contributed by atoms with Crippen LogP contribution in [0.2, 0.25) is 0 Å². The first-order valence-electron chi connectivity index (χ1n) is 4.57. The van der Waals surface area contributed by atoms with Crippen LogP contribution >= 0.6 is 21.6 Å². The smallest absolute Gasteiger partial charge is 0.324 e.